The first-order valence-corrected chi connectivity index (χ1v) is 5.75. The van der Waals surface area contributed by atoms with Gasteiger partial charge in [0.25, 0.3) is 0 Å². The molecule has 2 heterocycles. The van der Waals surface area contributed by atoms with E-state index in [4.69, 9.17) is 0 Å². The van der Waals surface area contributed by atoms with Crippen LogP contribution in [0.2, 0.25) is 0 Å². The van der Waals surface area contributed by atoms with Crippen molar-refractivity contribution in [1.82, 2.24) is 20.6 Å². The Hall–Kier alpha value is -1.36. The Labute approximate surface area is 95.0 Å². The number of imidazole rings is 1. The van der Waals surface area contributed by atoms with E-state index in [0.29, 0.717) is 12.5 Å². The lowest BCUT2D eigenvalue weighted by Gasteiger charge is -2.15. The van der Waals surface area contributed by atoms with E-state index in [1.807, 2.05) is 0 Å². The molecule has 0 aromatic carbocycles. The lowest BCUT2D eigenvalue weighted by Crippen LogP contribution is -2.43. The summed E-state index contributed by atoms with van der Waals surface area (Å²) in [6.45, 7) is 3.71. The molecule has 1 saturated heterocycles. The molecule has 0 bridgehead atoms. The maximum absolute atomic E-state index is 11.8. The van der Waals surface area contributed by atoms with Crippen molar-refractivity contribution in [2.24, 2.45) is 5.92 Å². The third-order valence-corrected chi connectivity index (χ3v) is 3.06. The average Bonchev–Trinajstić information content (AvgIpc) is 2.88. The summed E-state index contributed by atoms with van der Waals surface area (Å²) in [5, 5.41) is 6.16. The molecule has 2 unspecified atom stereocenters. The predicted octanol–water partition coefficient (Wildman–Crippen LogP) is 0.0664. The normalized spacial score (nSPS) is 24.6. The Kier molecular flexibility index (Phi) is 3.56. The minimum atomic E-state index is -0.0123. The van der Waals surface area contributed by atoms with Gasteiger partial charge >= 0.3 is 0 Å². The lowest BCUT2D eigenvalue weighted by atomic mass is 10.0. The van der Waals surface area contributed by atoms with Gasteiger partial charge in [0.1, 0.15) is 0 Å². The van der Waals surface area contributed by atoms with E-state index in [-0.39, 0.29) is 11.9 Å². The predicted molar refractivity (Wildman–Crippen MR) is 60.9 cm³/mol. The summed E-state index contributed by atoms with van der Waals surface area (Å²) in [6, 6.07) is -0.0123. The minimum absolute atomic E-state index is 0.0123. The van der Waals surface area contributed by atoms with Crippen molar-refractivity contribution in [3.8, 4) is 0 Å². The van der Waals surface area contributed by atoms with E-state index in [1.165, 1.54) is 0 Å². The third-order valence-electron chi connectivity index (χ3n) is 3.06. The van der Waals surface area contributed by atoms with Crippen LogP contribution in [-0.2, 0) is 11.2 Å². The fourth-order valence-electron chi connectivity index (χ4n) is 2.04. The first-order valence-electron chi connectivity index (χ1n) is 5.75. The van der Waals surface area contributed by atoms with Crippen LogP contribution >= 0.6 is 0 Å². The molecular weight excluding hydrogens is 204 g/mol. The number of hydrogen-bond acceptors (Lipinski definition) is 3. The van der Waals surface area contributed by atoms with E-state index in [1.54, 1.807) is 12.5 Å². The van der Waals surface area contributed by atoms with Gasteiger partial charge in [-0.05, 0) is 18.9 Å². The Morgan fingerprint density at radius 3 is 3.19 bits per heavy atom. The van der Waals surface area contributed by atoms with Crippen LogP contribution in [0.15, 0.2) is 12.5 Å². The topological polar surface area (TPSA) is 69.8 Å². The number of hydrogen-bond donors (Lipinski definition) is 3. The number of nitrogens with one attached hydrogen (secondary N) is 3. The number of aromatic nitrogens is 2. The first kappa shape index (κ1) is 11.1. The molecule has 1 aliphatic rings. The van der Waals surface area contributed by atoms with Crippen molar-refractivity contribution in [2.45, 2.75) is 25.8 Å². The largest absolute Gasteiger partial charge is 0.354 e. The smallest absolute Gasteiger partial charge is 0.237 e. The highest BCUT2D eigenvalue weighted by molar-refractivity contribution is 5.82. The van der Waals surface area contributed by atoms with E-state index in [9.17, 15) is 4.79 Å². The Bertz CT molecular complexity index is 336. The van der Waals surface area contributed by atoms with E-state index < -0.39 is 0 Å². The molecule has 2 rings (SSSR count). The van der Waals surface area contributed by atoms with E-state index in [0.717, 1.165) is 25.1 Å². The highest BCUT2D eigenvalue weighted by atomic mass is 16.2. The molecule has 1 aliphatic heterocycles. The van der Waals surface area contributed by atoms with Crippen LogP contribution < -0.4 is 10.6 Å². The summed E-state index contributed by atoms with van der Waals surface area (Å²) in [4.78, 5) is 18.7. The molecule has 1 amide bonds. The summed E-state index contributed by atoms with van der Waals surface area (Å²) in [6.07, 6.45) is 5.31. The summed E-state index contributed by atoms with van der Waals surface area (Å²) in [5.41, 5.74) is 1.05. The van der Waals surface area contributed by atoms with Gasteiger partial charge in [0.05, 0.1) is 12.4 Å². The molecule has 0 aliphatic carbocycles. The van der Waals surface area contributed by atoms with Crippen LogP contribution in [0.5, 0.6) is 0 Å². The van der Waals surface area contributed by atoms with Gasteiger partial charge in [0, 0.05) is 24.9 Å². The van der Waals surface area contributed by atoms with Gasteiger partial charge in [0.2, 0.25) is 5.91 Å². The number of amides is 1. The number of carbonyl (C=O) groups is 1. The molecule has 5 nitrogen and oxygen atoms in total. The fraction of sp³-hybridized carbons (Fsp3) is 0.636. The SMILES string of the molecule is CC1CCNC1C(=O)NCCc1cnc[nH]1. The molecule has 88 valence electrons. The minimum Gasteiger partial charge on any atom is -0.354 e. The molecule has 1 aromatic rings. The quantitative estimate of drug-likeness (QED) is 0.675. The highest BCUT2D eigenvalue weighted by Crippen LogP contribution is 2.13. The van der Waals surface area contributed by atoms with Gasteiger partial charge in [-0.15, -0.1) is 0 Å². The van der Waals surface area contributed by atoms with Crippen molar-refractivity contribution in [1.29, 1.82) is 0 Å². The zero-order valence-electron chi connectivity index (χ0n) is 9.49. The van der Waals surface area contributed by atoms with Crippen LogP contribution in [-0.4, -0.2) is 35.0 Å². The lowest BCUT2D eigenvalue weighted by molar-refractivity contribution is -0.123. The second-order valence-electron chi connectivity index (χ2n) is 4.32. The number of rotatable bonds is 4. The van der Waals surface area contributed by atoms with Gasteiger partial charge in [-0.1, -0.05) is 6.92 Å². The van der Waals surface area contributed by atoms with Crippen LogP contribution in [0.3, 0.4) is 0 Å². The molecule has 16 heavy (non-hydrogen) atoms. The molecule has 5 heteroatoms. The van der Waals surface area contributed by atoms with Crippen LogP contribution in [0.25, 0.3) is 0 Å². The molecule has 0 saturated carbocycles. The number of nitrogens with zero attached hydrogens (tertiary/aromatic N) is 1. The Morgan fingerprint density at radius 1 is 1.69 bits per heavy atom. The van der Waals surface area contributed by atoms with Gasteiger partial charge in [0.15, 0.2) is 0 Å². The van der Waals surface area contributed by atoms with Crippen LogP contribution in [0.1, 0.15) is 19.0 Å². The maximum atomic E-state index is 11.8. The Morgan fingerprint density at radius 2 is 2.56 bits per heavy atom. The molecule has 2 atom stereocenters. The average molecular weight is 222 g/mol. The monoisotopic (exact) mass is 222 g/mol. The molecule has 0 spiro atoms. The van der Waals surface area contributed by atoms with E-state index in [2.05, 4.69) is 27.5 Å². The van der Waals surface area contributed by atoms with Gasteiger partial charge in [-0.25, -0.2) is 4.98 Å². The number of aromatic amines is 1. The van der Waals surface area contributed by atoms with Gasteiger partial charge in [-0.2, -0.15) is 0 Å². The van der Waals surface area contributed by atoms with Crippen molar-refractivity contribution in [2.75, 3.05) is 13.1 Å². The summed E-state index contributed by atoms with van der Waals surface area (Å²) >= 11 is 0. The molecule has 1 aromatic heterocycles. The second-order valence-corrected chi connectivity index (χ2v) is 4.32. The van der Waals surface area contributed by atoms with Crippen molar-refractivity contribution in [3.05, 3.63) is 18.2 Å². The van der Waals surface area contributed by atoms with Gasteiger partial charge < -0.3 is 15.6 Å². The van der Waals surface area contributed by atoms with Crippen molar-refractivity contribution >= 4 is 5.91 Å². The molecule has 0 radical (unpaired) electrons. The second kappa shape index (κ2) is 5.12. The van der Waals surface area contributed by atoms with Crippen LogP contribution in [0, 0.1) is 5.92 Å². The summed E-state index contributed by atoms with van der Waals surface area (Å²) in [7, 11) is 0. The third kappa shape index (κ3) is 2.61. The molecular formula is C11H18N4O. The zero-order valence-corrected chi connectivity index (χ0v) is 9.49. The standard InChI is InChI=1S/C11H18N4O/c1-8-2-4-13-10(8)11(16)14-5-3-9-6-12-7-15-9/h6-8,10,13H,2-5H2,1H3,(H,12,15)(H,14,16). The van der Waals surface area contributed by atoms with Crippen molar-refractivity contribution < 1.29 is 4.79 Å². The van der Waals surface area contributed by atoms with Gasteiger partial charge in [-0.3, -0.25) is 4.79 Å². The summed E-state index contributed by atoms with van der Waals surface area (Å²) < 4.78 is 0. The zero-order chi connectivity index (χ0) is 11.4. The fourth-order valence-corrected chi connectivity index (χ4v) is 2.04. The summed E-state index contributed by atoms with van der Waals surface area (Å²) in [5.74, 6) is 0.552. The molecule has 1 fully saturated rings. The van der Waals surface area contributed by atoms with Crippen LogP contribution in [0.4, 0.5) is 0 Å². The first-order chi connectivity index (χ1) is 7.77. The molecule has 3 N–H and O–H groups in total. The van der Waals surface area contributed by atoms with Crippen molar-refractivity contribution in [3.63, 3.8) is 0 Å². The highest BCUT2D eigenvalue weighted by Gasteiger charge is 2.28. The Balaban J connectivity index is 1.71. The maximum Gasteiger partial charge on any atom is 0.237 e. The number of carbonyl (C=O) groups excluding carboxylic acids is 1. The van der Waals surface area contributed by atoms with E-state index >= 15 is 0 Å². The number of H-pyrrole nitrogens is 1.